The van der Waals surface area contributed by atoms with Gasteiger partial charge in [-0.25, -0.2) is 14.6 Å². The molecule has 2 aromatic heterocycles. The van der Waals surface area contributed by atoms with Gasteiger partial charge in [0.25, 0.3) is 5.82 Å². The zero-order valence-electron chi connectivity index (χ0n) is 8.66. The lowest BCUT2D eigenvalue weighted by molar-refractivity contribution is 0.390. The molecule has 0 atom stereocenters. The third kappa shape index (κ3) is 1.98. The van der Waals surface area contributed by atoms with E-state index in [1.165, 1.54) is 6.33 Å². The maximum absolute atomic E-state index is 8.59. The third-order valence-electron chi connectivity index (χ3n) is 2.01. The predicted octanol–water partition coefficient (Wildman–Crippen LogP) is 0.602. The Bertz CT molecular complexity index is 528. The quantitative estimate of drug-likeness (QED) is 0.749. The van der Waals surface area contributed by atoms with E-state index in [-0.39, 0.29) is 5.82 Å². The maximum Gasteiger partial charge on any atom is 0.252 e. The number of rotatable bonds is 3. The summed E-state index contributed by atoms with van der Waals surface area (Å²) in [7, 11) is 1.56. The van der Waals surface area contributed by atoms with Gasteiger partial charge >= 0.3 is 0 Å². The van der Waals surface area contributed by atoms with Crippen LogP contribution in [0.3, 0.4) is 0 Å². The molecule has 2 rings (SSSR count). The Morgan fingerprint density at radius 3 is 3.06 bits per heavy atom. The van der Waals surface area contributed by atoms with Gasteiger partial charge in [-0.1, -0.05) is 6.07 Å². The van der Waals surface area contributed by atoms with Crippen LogP contribution in [0.2, 0.25) is 0 Å². The summed E-state index contributed by atoms with van der Waals surface area (Å²) in [4.78, 5) is 7.89. The molecular formula is C10H9N5O. The van der Waals surface area contributed by atoms with Crippen molar-refractivity contribution in [3.05, 3.63) is 36.0 Å². The highest BCUT2D eigenvalue weighted by Gasteiger charge is 2.05. The minimum Gasteiger partial charge on any atom is -0.481 e. The lowest BCUT2D eigenvalue weighted by atomic mass is 10.3. The van der Waals surface area contributed by atoms with Gasteiger partial charge in [0.05, 0.1) is 13.7 Å². The first kappa shape index (κ1) is 10.1. The second-order valence-electron chi connectivity index (χ2n) is 3.05. The molecule has 80 valence electrons. The molecule has 0 saturated heterocycles. The Kier molecular flexibility index (Phi) is 2.78. The van der Waals surface area contributed by atoms with Crippen LogP contribution in [-0.2, 0) is 6.54 Å². The van der Waals surface area contributed by atoms with Crippen molar-refractivity contribution in [3.8, 4) is 11.9 Å². The summed E-state index contributed by atoms with van der Waals surface area (Å²) in [5.41, 5.74) is 0.888. The molecule has 0 amide bonds. The number of pyridine rings is 1. The van der Waals surface area contributed by atoms with Crippen molar-refractivity contribution in [2.45, 2.75) is 6.54 Å². The largest absolute Gasteiger partial charge is 0.481 e. The van der Waals surface area contributed by atoms with Crippen LogP contribution in [0.1, 0.15) is 11.4 Å². The molecule has 6 heteroatoms. The van der Waals surface area contributed by atoms with E-state index in [0.29, 0.717) is 12.4 Å². The number of aromatic nitrogens is 4. The van der Waals surface area contributed by atoms with Crippen LogP contribution in [0.4, 0.5) is 0 Å². The molecule has 0 spiro atoms. The lowest BCUT2D eigenvalue weighted by Crippen LogP contribution is -2.03. The number of ether oxygens (including phenoxy) is 1. The van der Waals surface area contributed by atoms with Gasteiger partial charge in [-0.05, 0) is 6.07 Å². The highest BCUT2D eigenvalue weighted by Crippen LogP contribution is 2.14. The van der Waals surface area contributed by atoms with Crippen molar-refractivity contribution in [3.63, 3.8) is 0 Å². The van der Waals surface area contributed by atoms with Crippen molar-refractivity contribution in [1.29, 1.82) is 5.26 Å². The van der Waals surface area contributed by atoms with Crippen LogP contribution >= 0.6 is 0 Å². The summed E-state index contributed by atoms with van der Waals surface area (Å²) in [5.74, 6) is 0.708. The number of hydrogen-bond donors (Lipinski definition) is 0. The Morgan fingerprint density at radius 1 is 1.50 bits per heavy atom. The molecule has 0 aliphatic rings. The molecule has 0 saturated carbocycles. The molecule has 0 unspecified atom stereocenters. The van der Waals surface area contributed by atoms with E-state index in [1.54, 1.807) is 18.0 Å². The first-order valence-corrected chi connectivity index (χ1v) is 4.61. The second kappa shape index (κ2) is 4.40. The van der Waals surface area contributed by atoms with Gasteiger partial charge in [-0.3, -0.25) is 0 Å². The summed E-state index contributed by atoms with van der Waals surface area (Å²) in [6, 6.07) is 5.58. The average molecular weight is 215 g/mol. The van der Waals surface area contributed by atoms with Crippen LogP contribution < -0.4 is 4.74 Å². The van der Waals surface area contributed by atoms with E-state index in [9.17, 15) is 0 Å². The molecule has 0 bridgehead atoms. The number of nitriles is 1. The summed E-state index contributed by atoms with van der Waals surface area (Å²) in [6.07, 6.45) is 3.16. The van der Waals surface area contributed by atoms with Crippen LogP contribution in [0, 0.1) is 11.3 Å². The zero-order chi connectivity index (χ0) is 11.4. The predicted molar refractivity (Wildman–Crippen MR) is 54.6 cm³/mol. The molecule has 0 aliphatic carbocycles. The Labute approximate surface area is 92.1 Å². The van der Waals surface area contributed by atoms with Gasteiger partial charge in [0.2, 0.25) is 5.88 Å². The van der Waals surface area contributed by atoms with Crippen molar-refractivity contribution >= 4 is 0 Å². The highest BCUT2D eigenvalue weighted by molar-refractivity contribution is 5.25. The van der Waals surface area contributed by atoms with Crippen LogP contribution in [0.5, 0.6) is 5.88 Å². The van der Waals surface area contributed by atoms with E-state index < -0.39 is 0 Å². The summed E-state index contributed by atoms with van der Waals surface area (Å²) in [5, 5.41) is 12.6. The smallest absolute Gasteiger partial charge is 0.252 e. The molecule has 6 nitrogen and oxygen atoms in total. The molecule has 0 aliphatic heterocycles. The summed E-state index contributed by atoms with van der Waals surface area (Å²) < 4.78 is 6.68. The number of hydrogen-bond acceptors (Lipinski definition) is 5. The SMILES string of the molecule is COc1ncccc1Cn1cnc(C#N)n1. The fourth-order valence-electron chi connectivity index (χ4n) is 1.32. The molecule has 2 heterocycles. The number of nitrogens with zero attached hydrogens (tertiary/aromatic N) is 5. The monoisotopic (exact) mass is 215 g/mol. The van der Waals surface area contributed by atoms with Gasteiger partial charge in [-0.2, -0.15) is 5.26 Å². The number of methoxy groups -OCH3 is 1. The van der Waals surface area contributed by atoms with E-state index in [4.69, 9.17) is 10.00 Å². The molecular weight excluding hydrogens is 206 g/mol. The first-order valence-electron chi connectivity index (χ1n) is 4.61. The van der Waals surface area contributed by atoms with Crippen molar-refractivity contribution in [1.82, 2.24) is 19.7 Å². The van der Waals surface area contributed by atoms with E-state index in [2.05, 4.69) is 15.1 Å². The lowest BCUT2D eigenvalue weighted by Gasteiger charge is -2.05. The fourth-order valence-corrected chi connectivity index (χ4v) is 1.32. The van der Waals surface area contributed by atoms with Crippen LogP contribution in [0.15, 0.2) is 24.7 Å². The normalized spacial score (nSPS) is 9.75. The van der Waals surface area contributed by atoms with Crippen LogP contribution in [-0.4, -0.2) is 26.9 Å². The van der Waals surface area contributed by atoms with E-state index in [1.807, 2.05) is 18.2 Å². The Balaban J connectivity index is 2.23. The molecule has 0 radical (unpaired) electrons. The van der Waals surface area contributed by atoms with E-state index in [0.717, 1.165) is 5.56 Å². The Hall–Kier alpha value is -2.42. The van der Waals surface area contributed by atoms with Crippen molar-refractivity contribution in [2.24, 2.45) is 0 Å². The van der Waals surface area contributed by atoms with Gasteiger partial charge in [0.15, 0.2) is 0 Å². The van der Waals surface area contributed by atoms with Gasteiger partial charge < -0.3 is 4.74 Å². The molecule has 0 N–H and O–H groups in total. The molecule has 2 aromatic rings. The van der Waals surface area contributed by atoms with Gasteiger partial charge in [0, 0.05) is 11.8 Å². The minimum atomic E-state index is 0.155. The van der Waals surface area contributed by atoms with Crippen molar-refractivity contribution < 1.29 is 4.74 Å². The second-order valence-corrected chi connectivity index (χ2v) is 3.05. The van der Waals surface area contributed by atoms with E-state index >= 15 is 0 Å². The van der Waals surface area contributed by atoms with Crippen LogP contribution in [0.25, 0.3) is 0 Å². The average Bonchev–Trinajstić information content (AvgIpc) is 2.77. The Morgan fingerprint density at radius 2 is 2.38 bits per heavy atom. The standard InChI is InChI=1S/C10H9N5O/c1-16-10-8(3-2-4-12-10)6-15-7-13-9(5-11)14-15/h2-4,7H,6H2,1H3. The molecule has 0 fully saturated rings. The minimum absolute atomic E-state index is 0.155. The zero-order valence-corrected chi connectivity index (χ0v) is 8.66. The van der Waals surface area contributed by atoms with Gasteiger partial charge in [0.1, 0.15) is 12.4 Å². The molecule has 16 heavy (non-hydrogen) atoms. The topological polar surface area (TPSA) is 76.6 Å². The first-order chi connectivity index (χ1) is 7.83. The highest BCUT2D eigenvalue weighted by atomic mass is 16.5. The fraction of sp³-hybridized carbons (Fsp3) is 0.200. The summed E-state index contributed by atoms with van der Waals surface area (Å²) in [6.45, 7) is 0.478. The third-order valence-corrected chi connectivity index (χ3v) is 2.01. The summed E-state index contributed by atoms with van der Waals surface area (Å²) >= 11 is 0. The molecule has 0 aromatic carbocycles. The maximum atomic E-state index is 8.59. The van der Waals surface area contributed by atoms with Gasteiger partial charge in [-0.15, -0.1) is 5.10 Å². The van der Waals surface area contributed by atoms with Crippen molar-refractivity contribution in [2.75, 3.05) is 7.11 Å².